The molecule has 3 atom stereocenters. The molecule has 3 unspecified atom stereocenters. The van der Waals surface area contributed by atoms with Crippen LogP contribution in [0.15, 0.2) is 30.9 Å². The third-order valence-corrected chi connectivity index (χ3v) is 5.69. The van der Waals surface area contributed by atoms with Crippen molar-refractivity contribution in [3.05, 3.63) is 30.9 Å². The maximum absolute atomic E-state index is 9.55. The Balaban J connectivity index is 0.000000224. The quantitative estimate of drug-likeness (QED) is 0.807. The standard InChI is InChI=1S/C14H22N2.C4H4O4/c1-14(2)12-4-3-11(13(14)9-12)5-7-16-8-6-15-10-16;5-3(6)1-2-4(7)8/h6,8,10-13H,3-5,7,9H2,1-2H3;1-2H,(H,5,6)(H,7,8). The van der Waals surface area contributed by atoms with E-state index < -0.39 is 11.9 Å². The van der Waals surface area contributed by atoms with Crippen LogP contribution < -0.4 is 0 Å². The average molecular weight is 334 g/mol. The van der Waals surface area contributed by atoms with E-state index in [0.717, 1.165) is 24.3 Å². The molecule has 132 valence electrons. The minimum absolute atomic E-state index is 0.558. The number of fused-ring (bicyclic) bond motifs is 2. The van der Waals surface area contributed by atoms with Gasteiger partial charge in [0, 0.05) is 31.1 Å². The molecule has 0 aliphatic heterocycles. The summed E-state index contributed by atoms with van der Waals surface area (Å²) < 4.78 is 2.22. The number of imidazole rings is 1. The van der Waals surface area contributed by atoms with E-state index in [0.29, 0.717) is 17.6 Å². The number of carbonyl (C=O) groups is 2. The van der Waals surface area contributed by atoms with Gasteiger partial charge in [0.15, 0.2) is 0 Å². The summed E-state index contributed by atoms with van der Waals surface area (Å²) in [5.74, 6) is 0.471. The van der Waals surface area contributed by atoms with E-state index in [9.17, 15) is 9.59 Å². The predicted octanol–water partition coefficient (Wildman–Crippen LogP) is 3.06. The second-order valence-corrected chi connectivity index (χ2v) is 7.30. The smallest absolute Gasteiger partial charge is 0.328 e. The lowest BCUT2D eigenvalue weighted by Gasteiger charge is -2.60. The number of nitrogens with zero attached hydrogens (tertiary/aromatic N) is 2. The van der Waals surface area contributed by atoms with Crippen LogP contribution in [-0.4, -0.2) is 31.7 Å². The Hall–Kier alpha value is -2.11. The Bertz CT molecular complexity index is 574. The molecule has 0 amide bonds. The van der Waals surface area contributed by atoms with Gasteiger partial charge in [0.05, 0.1) is 6.33 Å². The van der Waals surface area contributed by atoms with E-state index in [1.165, 1.54) is 25.7 Å². The van der Waals surface area contributed by atoms with Crippen molar-refractivity contribution in [2.24, 2.45) is 23.2 Å². The van der Waals surface area contributed by atoms with Crippen LogP contribution in [0.4, 0.5) is 0 Å². The number of aromatic nitrogens is 2. The van der Waals surface area contributed by atoms with E-state index >= 15 is 0 Å². The lowest BCUT2D eigenvalue weighted by atomic mass is 9.45. The van der Waals surface area contributed by atoms with Gasteiger partial charge >= 0.3 is 11.9 Å². The number of carboxylic acids is 2. The molecule has 3 fully saturated rings. The maximum Gasteiger partial charge on any atom is 0.328 e. The monoisotopic (exact) mass is 334 g/mol. The van der Waals surface area contributed by atoms with Gasteiger partial charge in [-0.3, -0.25) is 0 Å². The summed E-state index contributed by atoms with van der Waals surface area (Å²) in [5.41, 5.74) is 0.637. The molecule has 6 heteroatoms. The van der Waals surface area contributed by atoms with Crippen molar-refractivity contribution in [2.75, 3.05) is 0 Å². The lowest BCUT2D eigenvalue weighted by Crippen LogP contribution is -2.52. The lowest BCUT2D eigenvalue weighted by molar-refractivity contribution is -0.134. The van der Waals surface area contributed by atoms with Crippen LogP contribution in [0.3, 0.4) is 0 Å². The molecule has 0 saturated heterocycles. The predicted molar refractivity (Wildman–Crippen MR) is 89.4 cm³/mol. The number of hydrogen-bond acceptors (Lipinski definition) is 3. The fourth-order valence-corrected chi connectivity index (χ4v) is 4.18. The summed E-state index contributed by atoms with van der Waals surface area (Å²) in [5, 5.41) is 15.6. The Labute approximate surface area is 142 Å². The summed E-state index contributed by atoms with van der Waals surface area (Å²) in [6.45, 7) is 6.12. The van der Waals surface area contributed by atoms with Gasteiger partial charge in [0.1, 0.15) is 0 Å². The molecule has 3 saturated carbocycles. The number of aliphatic carboxylic acids is 2. The molecular formula is C18H26N2O4. The summed E-state index contributed by atoms with van der Waals surface area (Å²) in [6, 6.07) is 0. The third kappa shape index (κ3) is 4.46. The van der Waals surface area contributed by atoms with Crippen molar-refractivity contribution in [1.82, 2.24) is 9.55 Å². The summed E-state index contributed by atoms with van der Waals surface area (Å²) in [7, 11) is 0. The van der Waals surface area contributed by atoms with Gasteiger partial charge in [-0.05, 0) is 48.9 Å². The fraction of sp³-hybridized carbons (Fsp3) is 0.611. The topological polar surface area (TPSA) is 92.4 Å². The molecule has 2 bridgehead atoms. The minimum Gasteiger partial charge on any atom is -0.478 e. The zero-order valence-electron chi connectivity index (χ0n) is 14.3. The molecule has 4 rings (SSSR count). The Morgan fingerprint density at radius 1 is 1.25 bits per heavy atom. The number of carboxylic acid groups (broad SMARTS) is 2. The van der Waals surface area contributed by atoms with E-state index in [-0.39, 0.29) is 0 Å². The Morgan fingerprint density at radius 2 is 1.92 bits per heavy atom. The Kier molecular flexibility index (Phi) is 5.80. The molecule has 3 aliphatic carbocycles. The Morgan fingerprint density at radius 3 is 2.38 bits per heavy atom. The van der Waals surface area contributed by atoms with E-state index in [1.54, 1.807) is 0 Å². The van der Waals surface area contributed by atoms with Gasteiger partial charge < -0.3 is 14.8 Å². The molecule has 0 spiro atoms. The molecule has 0 radical (unpaired) electrons. The van der Waals surface area contributed by atoms with Gasteiger partial charge in [0.2, 0.25) is 0 Å². The van der Waals surface area contributed by atoms with Crippen LogP contribution in [0.2, 0.25) is 0 Å². The number of hydrogen-bond donors (Lipinski definition) is 2. The highest BCUT2D eigenvalue weighted by Crippen LogP contribution is 2.62. The van der Waals surface area contributed by atoms with Crippen molar-refractivity contribution in [1.29, 1.82) is 0 Å². The van der Waals surface area contributed by atoms with Crippen molar-refractivity contribution < 1.29 is 19.8 Å². The molecular weight excluding hydrogens is 308 g/mol. The van der Waals surface area contributed by atoms with Crippen molar-refractivity contribution >= 4 is 11.9 Å². The molecule has 1 heterocycles. The second-order valence-electron chi connectivity index (χ2n) is 7.30. The van der Waals surface area contributed by atoms with Crippen LogP contribution in [0.5, 0.6) is 0 Å². The van der Waals surface area contributed by atoms with Crippen LogP contribution in [0.25, 0.3) is 0 Å². The van der Waals surface area contributed by atoms with E-state index in [1.807, 2.05) is 12.5 Å². The van der Waals surface area contributed by atoms with Gasteiger partial charge in [-0.15, -0.1) is 0 Å². The third-order valence-electron chi connectivity index (χ3n) is 5.69. The fourth-order valence-electron chi connectivity index (χ4n) is 4.18. The normalized spacial score (nSPS) is 27.0. The van der Waals surface area contributed by atoms with Gasteiger partial charge in [-0.2, -0.15) is 0 Å². The number of rotatable bonds is 5. The van der Waals surface area contributed by atoms with Gasteiger partial charge in [0.25, 0.3) is 0 Å². The first-order valence-electron chi connectivity index (χ1n) is 8.40. The molecule has 1 aromatic rings. The molecule has 24 heavy (non-hydrogen) atoms. The summed E-state index contributed by atoms with van der Waals surface area (Å²) >= 11 is 0. The highest BCUT2D eigenvalue weighted by Gasteiger charge is 2.53. The van der Waals surface area contributed by atoms with Crippen LogP contribution in [-0.2, 0) is 16.1 Å². The molecule has 0 aromatic carbocycles. The zero-order chi connectivity index (χ0) is 17.7. The van der Waals surface area contributed by atoms with Crippen LogP contribution in [0, 0.1) is 23.2 Å². The zero-order valence-corrected chi connectivity index (χ0v) is 14.3. The summed E-state index contributed by atoms with van der Waals surface area (Å²) in [6.07, 6.45) is 12.8. The first kappa shape index (κ1) is 18.2. The average Bonchev–Trinajstić information content (AvgIpc) is 3.05. The van der Waals surface area contributed by atoms with Gasteiger partial charge in [-0.25, -0.2) is 14.6 Å². The largest absolute Gasteiger partial charge is 0.478 e. The molecule has 1 aromatic heterocycles. The van der Waals surface area contributed by atoms with E-state index in [4.69, 9.17) is 10.2 Å². The van der Waals surface area contributed by atoms with Gasteiger partial charge in [-0.1, -0.05) is 13.8 Å². The molecule has 2 N–H and O–H groups in total. The number of aryl methyl sites for hydroxylation is 1. The molecule has 6 nitrogen and oxygen atoms in total. The highest BCUT2D eigenvalue weighted by atomic mass is 16.4. The van der Waals surface area contributed by atoms with Crippen molar-refractivity contribution in [2.45, 2.75) is 46.1 Å². The van der Waals surface area contributed by atoms with E-state index in [2.05, 4.69) is 29.6 Å². The van der Waals surface area contributed by atoms with Crippen LogP contribution >= 0.6 is 0 Å². The first-order valence-corrected chi connectivity index (χ1v) is 8.40. The summed E-state index contributed by atoms with van der Waals surface area (Å²) in [4.78, 5) is 23.2. The van der Waals surface area contributed by atoms with Crippen molar-refractivity contribution in [3.63, 3.8) is 0 Å². The van der Waals surface area contributed by atoms with Crippen molar-refractivity contribution in [3.8, 4) is 0 Å². The first-order chi connectivity index (χ1) is 11.3. The minimum atomic E-state index is -1.26. The highest BCUT2D eigenvalue weighted by molar-refractivity contribution is 5.89. The maximum atomic E-state index is 9.55. The molecule has 3 aliphatic rings. The SMILES string of the molecule is CC1(C)C2CCC(CCn3ccnc3)C1C2.O=C(O)C=CC(=O)O. The van der Waals surface area contributed by atoms with Crippen LogP contribution in [0.1, 0.15) is 39.5 Å². The second kappa shape index (κ2) is 7.64.